The van der Waals surface area contributed by atoms with E-state index in [4.69, 9.17) is 14.2 Å². The van der Waals surface area contributed by atoms with Crippen molar-refractivity contribution in [2.45, 2.75) is 24.0 Å². The van der Waals surface area contributed by atoms with Crippen molar-refractivity contribution < 1.29 is 32.2 Å². The van der Waals surface area contributed by atoms with Crippen molar-refractivity contribution in [1.29, 1.82) is 0 Å². The van der Waals surface area contributed by atoms with E-state index in [1.807, 2.05) is 12.1 Å². The Labute approximate surface area is 184 Å². The summed E-state index contributed by atoms with van der Waals surface area (Å²) >= 11 is 0. The molecule has 0 aromatic heterocycles. The molecule has 2 aliphatic heterocycles. The van der Waals surface area contributed by atoms with E-state index in [2.05, 4.69) is 15.0 Å². The molecule has 2 heterocycles. The number of carbonyl (C=O) groups excluding carboxylic acids is 2. The van der Waals surface area contributed by atoms with Crippen LogP contribution in [0.5, 0.6) is 11.5 Å². The first-order valence-corrected chi connectivity index (χ1v) is 11.3. The van der Waals surface area contributed by atoms with Gasteiger partial charge in [-0.25, -0.2) is 13.2 Å². The summed E-state index contributed by atoms with van der Waals surface area (Å²) in [6, 6.07) is 12.5. The van der Waals surface area contributed by atoms with Crippen molar-refractivity contribution >= 4 is 27.7 Å². The van der Waals surface area contributed by atoms with Gasteiger partial charge in [-0.3, -0.25) is 14.5 Å². The summed E-state index contributed by atoms with van der Waals surface area (Å²) in [6.45, 7) is 1.41. The van der Waals surface area contributed by atoms with E-state index in [0.29, 0.717) is 17.1 Å². The van der Waals surface area contributed by atoms with Crippen LogP contribution in [0.3, 0.4) is 0 Å². The van der Waals surface area contributed by atoms with Gasteiger partial charge in [0, 0.05) is 5.56 Å². The number of sulfonamides is 1. The van der Waals surface area contributed by atoms with Gasteiger partial charge < -0.3 is 19.5 Å². The predicted octanol–water partition coefficient (Wildman–Crippen LogP) is 0.613. The van der Waals surface area contributed by atoms with Crippen molar-refractivity contribution in [1.82, 2.24) is 10.0 Å². The monoisotopic (exact) mass is 459 g/mol. The van der Waals surface area contributed by atoms with Crippen LogP contribution >= 0.6 is 0 Å². The Morgan fingerprint density at radius 3 is 2.72 bits per heavy atom. The molecule has 2 aromatic carbocycles. The molecule has 1 unspecified atom stereocenters. The number of hydrogen-bond acceptors (Lipinski definition) is 8. The number of aliphatic imine (C=N–C) groups is 1. The van der Waals surface area contributed by atoms with Crippen molar-refractivity contribution in [2.24, 2.45) is 4.99 Å². The van der Waals surface area contributed by atoms with E-state index >= 15 is 0 Å². The van der Waals surface area contributed by atoms with Crippen LogP contribution in [0.4, 0.5) is 0 Å². The summed E-state index contributed by atoms with van der Waals surface area (Å²) < 4.78 is 42.9. The summed E-state index contributed by atoms with van der Waals surface area (Å²) in [6.07, 6.45) is -0.370. The van der Waals surface area contributed by atoms with Gasteiger partial charge in [0.2, 0.25) is 0 Å². The van der Waals surface area contributed by atoms with E-state index in [9.17, 15) is 18.0 Å². The molecular formula is C21H21N3O7S. The van der Waals surface area contributed by atoms with E-state index in [1.54, 1.807) is 30.3 Å². The molecule has 0 saturated carbocycles. The highest BCUT2D eigenvalue weighted by molar-refractivity contribution is 7.90. The van der Waals surface area contributed by atoms with E-state index < -0.39 is 34.5 Å². The lowest BCUT2D eigenvalue weighted by molar-refractivity contribution is -0.149. The summed E-state index contributed by atoms with van der Waals surface area (Å²) in [4.78, 5) is 28.5. The first-order chi connectivity index (χ1) is 15.3. The molecule has 1 amide bonds. The van der Waals surface area contributed by atoms with Crippen molar-refractivity contribution in [2.75, 3.05) is 19.8 Å². The minimum absolute atomic E-state index is 0.0595. The molecule has 0 saturated heterocycles. The van der Waals surface area contributed by atoms with Crippen LogP contribution < -0.4 is 19.5 Å². The Bertz CT molecular complexity index is 1180. The van der Waals surface area contributed by atoms with Crippen LogP contribution in [0.15, 0.2) is 58.4 Å². The number of amidine groups is 1. The molecule has 0 radical (unpaired) electrons. The van der Waals surface area contributed by atoms with Gasteiger partial charge in [0.05, 0.1) is 11.4 Å². The third-order valence-electron chi connectivity index (χ3n) is 4.77. The van der Waals surface area contributed by atoms with E-state index in [1.165, 1.54) is 13.0 Å². The molecule has 2 atom stereocenters. The molecule has 2 aromatic rings. The smallest absolute Gasteiger partial charge is 0.331 e. The molecule has 11 heteroatoms. The van der Waals surface area contributed by atoms with E-state index in [0.717, 1.165) is 0 Å². The van der Waals surface area contributed by atoms with Crippen LogP contribution in [0, 0.1) is 0 Å². The third kappa shape index (κ3) is 4.67. The van der Waals surface area contributed by atoms with Gasteiger partial charge in [-0.15, -0.1) is 0 Å². The zero-order valence-corrected chi connectivity index (χ0v) is 17.9. The Hall–Kier alpha value is -3.60. The minimum Gasteiger partial charge on any atom is -0.486 e. The van der Waals surface area contributed by atoms with E-state index in [-0.39, 0.29) is 30.0 Å². The van der Waals surface area contributed by atoms with Crippen molar-refractivity contribution in [3.63, 3.8) is 0 Å². The van der Waals surface area contributed by atoms with Gasteiger partial charge in [-0.1, -0.05) is 24.3 Å². The topological polar surface area (TPSA) is 132 Å². The maximum absolute atomic E-state index is 12.2. The molecule has 32 heavy (non-hydrogen) atoms. The number of esters is 1. The SMILES string of the molecule is C[C@H](N=C1NS(=O)(=O)c2ccccc21)C(=O)OCC(=O)NCC1COc2ccccc2O1. The van der Waals surface area contributed by atoms with Gasteiger partial charge in [0.25, 0.3) is 15.9 Å². The Morgan fingerprint density at radius 2 is 1.91 bits per heavy atom. The number of fused-ring (bicyclic) bond motifs is 2. The quantitative estimate of drug-likeness (QED) is 0.605. The summed E-state index contributed by atoms with van der Waals surface area (Å²) in [5.74, 6) is 0.0347. The van der Waals surface area contributed by atoms with Gasteiger partial charge in [-0.05, 0) is 31.2 Å². The summed E-state index contributed by atoms with van der Waals surface area (Å²) in [7, 11) is -3.71. The lowest BCUT2D eigenvalue weighted by atomic mass is 10.2. The molecule has 0 spiro atoms. The van der Waals surface area contributed by atoms with Crippen molar-refractivity contribution in [3.05, 3.63) is 54.1 Å². The number of amides is 1. The van der Waals surface area contributed by atoms with Crippen molar-refractivity contribution in [3.8, 4) is 11.5 Å². The minimum atomic E-state index is -3.71. The second-order valence-electron chi connectivity index (χ2n) is 7.16. The predicted molar refractivity (Wildman–Crippen MR) is 113 cm³/mol. The molecule has 0 aliphatic carbocycles. The van der Waals surface area contributed by atoms with Crippen LogP contribution in [0.25, 0.3) is 0 Å². The maximum atomic E-state index is 12.2. The first kappa shape index (κ1) is 21.6. The second-order valence-corrected chi connectivity index (χ2v) is 8.82. The first-order valence-electron chi connectivity index (χ1n) is 9.85. The van der Waals surface area contributed by atoms with Gasteiger partial charge >= 0.3 is 5.97 Å². The Balaban J connectivity index is 1.26. The number of nitrogens with one attached hydrogen (secondary N) is 2. The molecule has 4 rings (SSSR count). The fraction of sp³-hybridized carbons (Fsp3) is 0.286. The Morgan fingerprint density at radius 1 is 1.19 bits per heavy atom. The highest BCUT2D eigenvalue weighted by atomic mass is 32.2. The average molecular weight is 459 g/mol. The molecular weight excluding hydrogens is 438 g/mol. The summed E-state index contributed by atoms with van der Waals surface area (Å²) in [5.41, 5.74) is 0.376. The summed E-state index contributed by atoms with van der Waals surface area (Å²) in [5, 5.41) is 2.63. The van der Waals surface area contributed by atoms with Gasteiger partial charge in [0.15, 0.2) is 18.1 Å². The highest BCUT2D eigenvalue weighted by Crippen LogP contribution is 2.30. The number of benzene rings is 2. The number of carbonyl (C=O) groups is 2. The lowest BCUT2D eigenvalue weighted by Crippen LogP contribution is -2.42. The molecule has 0 fully saturated rings. The van der Waals surface area contributed by atoms with Crippen LogP contribution in [0.2, 0.25) is 0 Å². The molecule has 2 aliphatic rings. The standard InChI is InChI=1S/C21H21N3O7S/c1-13(23-20-15-6-2-5-9-18(15)32(27,28)24-20)21(26)30-12-19(25)22-10-14-11-29-16-7-3-4-8-17(16)31-14/h2-9,13-14H,10-12H2,1H3,(H,22,25)(H,23,24)/t13-,14?/m0/s1. The number of nitrogens with zero attached hydrogens (tertiary/aromatic N) is 1. The molecule has 10 nitrogen and oxygen atoms in total. The van der Waals surface area contributed by atoms with Crippen LogP contribution in [-0.4, -0.2) is 58.0 Å². The molecule has 168 valence electrons. The highest BCUT2D eigenvalue weighted by Gasteiger charge is 2.31. The fourth-order valence-corrected chi connectivity index (χ4v) is 4.41. The van der Waals surface area contributed by atoms with Gasteiger partial charge in [-0.2, -0.15) is 0 Å². The largest absolute Gasteiger partial charge is 0.486 e. The number of rotatable bonds is 6. The second kappa shape index (κ2) is 8.87. The molecule has 2 N–H and O–H groups in total. The van der Waals surface area contributed by atoms with Crippen LogP contribution in [-0.2, 0) is 24.3 Å². The third-order valence-corrected chi connectivity index (χ3v) is 6.16. The fourth-order valence-electron chi connectivity index (χ4n) is 3.18. The normalized spacial score (nSPS) is 20.0. The number of hydrogen-bond donors (Lipinski definition) is 2. The lowest BCUT2D eigenvalue weighted by Gasteiger charge is -2.26. The Kier molecular flexibility index (Phi) is 5.99. The van der Waals surface area contributed by atoms with Gasteiger partial charge in [0.1, 0.15) is 24.6 Å². The van der Waals surface area contributed by atoms with Crippen LogP contribution in [0.1, 0.15) is 12.5 Å². The molecule has 0 bridgehead atoms. The average Bonchev–Trinajstić information content (AvgIpc) is 3.05. The zero-order chi connectivity index (χ0) is 22.7. The number of para-hydroxylation sites is 2. The maximum Gasteiger partial charge on any atom is 0.331 e. The zero-order valence-electron chi connectivity index (χ0n) is 17.1. The number of ether oxygens (including phenoxy) is 3.